The molecule has 0 atom stereocenters. The Labute approximate surface area is 115 Å². The van der Waals surface area contributed by atoms with Gasteiger partial charge in [0.1, 0.15) is 0 Å². The van der Waals surface area contributed by atoms with Gasteiger partial charge in [0.15, 0.2) is 0 Å². The lowest BCUT2D eigenvalue weighted by atomic mass is 10.0. The van der Waals surface area contributed by atoms with Crippen LogP contribution in [0.2, 0.25) is 10.0 Å². The normalized spacial score (nSPS) is 10.3. The first-order valence-corrected chi connectivity index (χ1v) is 6.14. The number of carbonyl (C=O) groups excluding carboxylic acids is 1. The molecule has 2 N–H and O–H groups in total. The van der Waals surface area contributed by atoms with Crippen LogP contribution in [-0.2, 0) is 11.2 Å². The first-order valence-electron chi connectivity index (χ1n) is 5.38. The fourth-order valence-electron chi connectivity index (χ4n) is 1.78. The van der Waals surface area contributed by atoms with Gasteiger partial charge in [0.25, 0.3) is 0 Å². The van der Waals surface area contributed by atoms with Crippen molar-refractivity contribution in [1.82, 2.24) is 0 Å². The van der Waals surface area contributed by atoms with E-state index >= 15 is 0 Å². The average Bonchev–Trinajstić information content (AvgIpc) is 2.27. The maximum absolute atomic E-state index is 10.9. The van der Waals surface area contributed by atoms with Crippen LogP contribution < -0.4 is 5.73 Å². The van der Waals surface area contributed by atoms with Crippen LogP contribution >= 0.6 is 23.2 Å². The molecule has 0 radical (unpaired) electrons. The lowest BCUT2D eigenvalue weighted by Gasteiger charge is -2.06. The third-order valence-electron chi connectivity index (χ3n) is 2.50. The van der Waals surface area contributed by atoms with Crippen molar-refractivity contribution in [2.24, 2.45) is 5.73 Å². The largest absolute Gasteiger partial charge is 0.369 e. The summed E-state index contributed by atoms with van der Waals surface area (Å²) in [7, 11) is 0. The molecule has 92 valence electrons. The van der Waals surface area contributed by atoms with Crippen molar-refractivity contribution >= 4 is 29.1 Å². The Morgan fingerprint density at radius 3 is 2.28 bits per heavy atom. The van der Waals surface area contributed by atoms with Gasteiger partial charge in [0, 0.05) is 10.0 Å². The van der Waals surface area contributed by atoms with Crippen molar-refractivity contribution in [1.29, 1.82) is 0 Å². The second kappa shape index (κ2) is 5.42. The summed E-state index contributed by atoms with van der Waals surface area (Å²) < 4.78 is 0. The van der Waals surface area contributed by atoms with E-state index in [9.17, 15) is 4.79 Å². The molecule has 2 nitrogen and oxygen atoms in total. The van der Waals surface area contributed by atoms with Crippen molar-refractivity contribution in [3.05, 3.63) is 58.1 Å². The lowest BCUT2D eigenvalue weighted by molar-refractivity contribution is -0.117. The van der Waals surface area contributed by atoms with Crippen LogP contribution in [0.4, 0.5) is 0 Å². The van der Waals surface area contributed by atoms with Gasteiger partial charge in [-0.2, -0.15) is 0 Å². The van der Waals surface area contributed by atoms with Gasteiger partial charge in [-0.15, -0.1) is 0 Å². The van der Waals surface area contributed by atoms with E-state index in [1.54, 1.807) is 6.07 Å². The molecule has 0 saturated heterocycles. The van der Waals surface area contributed by atoms with Crippen LogP contribution in [-0.4, -0.2) is 5.91 Å². The Morgan fingerprint density at radius 2 is 1.67 bits per heavy atom. The molecule has 4 heteroatoms. The minimum Gasteiger partial charge on any atom is -0.369 e. The molecule has 2 aromatic rings. The quantitative estimate of drug-likeness (QED) is 0.915. The Balaban J connectivity index is 2.41. The highest BCUT2D eigenvalue weighted by molar-refractivity contribution is 6.35. The molecular formula is C14H11Cl2NO. The summed E-state index contributed by atoms with van der Waals surface area (Å²) in [5.74, 6) is -0.351. The van der Waals surface area contributed by atoms with Crippen LogP contribution in [0.1, 0.15) is 5.56 Å². The Morgan fingerprint density at radius 1 is 1.00 bits per heavy atom. The Kier molecular flexibility index (Phi) is 3.90. The highest BCUT2D eigenvalue weighted by Crippen LogP contribution is 2.27. The number of amides is 1. The summed E-state index contributed by atoms with van der Waals surface area (Å²) >= 11 is 11.9. The van der Waals surface area contributed by atoms with E-state index in [0.717, 1.165) is 16.7 Å². The molecule has 0 heterocycles. The molecule has 0 fully saturated rings. The average molecular weight is 280 g/mol. The van der Waals surface area contributed by atoms with Gasteiger partial charge in [0.2, 0.25) is 5.91 Å². The van der Waals surface area contributed by atoms with Crippen LogP contribution in [0.25, 0.3) is 11.1 Å². The van der Waals surface area contributed by atoms with Crippen LogP contribution in [0, 0.1) is 0 Å². The summed E-state index contributed by atoms with van der Waals surface area (Å²) in [5.41, 5.74) is 7.92. The molecule has 0 aromatic heterocycles. The van der Waals surface area contributed by atoms with E-state index in [1.165, 1.54) is 0 Å². The van der Waals surface area contributed by atoms with Gasteiger partial charge in [-0.3, -0.25) is 4.79 Å². The SMILES string of the molecule is NC(=O)Cc1cccc(-c2cc(Cl)cc(Cl)c2)c1. The molecule has 0 aliphatic rings. The van der Waals surface area contributed by atoms with Crippen LogP contribution in [0.5, 0.6) is 0 Å². The second-order valence-corrected chi connectivity index (χ2v) is 4.87. The van der Waals surface area contributed by atoms with Crippen LogP contribution in [0.3, 0.4) is 0 Å². The van der Waals surface area contributed by atoms with Gasteiger partial charge in [-0.25, -0.2) is 0 Å². The molecule has 0 aliphatic carbocycles. The van der Waals surface area contributed by atoms with E-state index in [2.05, 4.69) is 0 Å². The number of nitrogens with two attached hydrogens (primary N) is 1. The maximum atomic E-state index is 10.9. The van der Waals surface area contributed by atoms with Crippen molar-refractivity contribution < 1.29 is 4.79 Å². The van der Waals surface area contributed by atoms with Crippen molar-refractivity contribution in [2.45, 2.75) is 6.42 Å². The summed E-state index contributed by atoms with van der Waals surface area (Å²) in [6, 6.07) is 12.9. The molecule has 1 amide bonds. The number of halogens is 2. The zero-order chi connectivity index (χ0) is 13.1. The molecule has 2 aromatic carbocycles. The van der Waals surface area contributed by atoms with E-state index in [1.807, 2.05) is 36.4 Å². The lowest BCUT2D eigenvalue weighted by Crippen LogP contribution is -2.13. The summed E-state index contributed by atoms with van der Waals surface area (Å²) in [6.07, 6.45) is 0.224. The molecule has 0 bridgehead atoms. The van der Waals surface area contributed by atoms with E-state index in [-0.39, 0.29) is 12.3 Å². The van der Waals surface area contributed by atoms with Gasteiger partial charge >= 0.3 is 0 Å². The summed E-state index contributed by atoms with van der Waals surface area (Å²) in [4.78, 5) is 10.9. The molecule has 0 unspecified atom stereocenters. The minimum absolute atomic E-state index is 0.224. The highest BCUT2D eigenvalue weighted by atomic mass is 35.5. The number of rotatable bonds is 3. The molecule has 0 saturated carbocycles. The number of primary amides is 1. The zero-order valence-electron chi connectivity index (χ0n) is 9.49. The molecule has 18 heavy (non-hydrogen) atoms. The first kappa shape index (κ1) is 12.9. The summed E-state index contributed by atoms with van der Waals surface area (Å²) in [5, 5.41) is 1.16. The van der Waals surface area contributed by atoms with Crippen LogP contribution in [0.15, 0.2) is 42.5 Å². The molecular weight excluding hydrogens is 269 g/mol. The van der Waals surface area contributed by atoms with E-state index in [0.29, 0.717) is 10.0 Å². The van der Waals surface area contributed by atoms with Crippen molar-refractivity contribution in [2.75, 3.05) is 0 Å². The number of carbonyl (C=O) groups is 1. The predicted molar refractivity (Wildman–Crippen MR) is 74.8 cm³/mol. The molecule has 0 aliphatic heterocycles. The Bertz CT molecular complexity index is 576. The fraction of sp³-hybridized carbons (Fsp3) is 0.0714. The smallest absolute Gasteiger partial charge is 0.221 e. The third kappa shape index (κ3) is 3.25. The van der Waals surface area contributed by atoms with E-state index < -0.39 is 0 Å². The van der Waals surface area contributed by atoms with Gasteiger partial charge < -0.3 is 5.73 Å². The Hall–Kier alpha value is -1.51. The number of hydrogen-bond acceptors (Lipinski definition) is 1. The molecule has 2 rings (SSSR count). The second-order valence-electron chi connectivity index (χ2n) is 4.00. The monoisotopic (exact) mass is 279 g/mol. The van der Waals surface area contributed by atoms with Gasteiger partial charge in [-0.05, 0) is 34.9 Å². The fourth-order valence-corrected chi connectivity index (χ4v) is 2.31. The number of benzene rings is 2. The highest BCUT2D eigenvalue weighted by Gasteiger charge is 2.04. The third-order valence-corrected chi connectivity index (χ3v) is 2.94. The predicted octanol–water partition coefficient (Wildman–Crippen LogP) is 3.69. The zero-order valence-corrected chi connectivity index (χ0v) is 11.0. The number of hydrogen-bond donors (Lipinski definition) is 1. The molecule has 0 spiro atoms. The van der Waals surface area contributed by atoms with Crippen molar-refractivity contribution in [3.63, 3.8) is 0 Å². The van der Waals surface area contributed by atoms with E-state index in [4.69, 9.17) is 28.9 Å². The maximum Gasteiger partial charge on any atom is 0.221 e. The minimum atomic E-state index is -0.351. The van der Waals surface area contributed by atoms with Gasteiger partial charge in [0.05, 0.1) is 6.42 Å². The first-order chi connectivity index (χ1) is 8.54. The van der Waals surface area contributed by atoms with Crippen molar-refractivity contribution in [3.8, 4) is 11.1 Å². The summed E-state index contributed by atoms with van der Waals surface area (Å²) in [6.45, 7) is 0. The topological polar surface area (TPSA) is 43.1 Å². The van der Waals surface area contributed by atoms with Gasteiger partial charge in [-0.1, -0.05) is 47.5 Å². The standard InChI is InChI=1S/C14H11Cl2NO/c15-12-6-11(7-13(16)8-12)10-3-1-2-9(4-10)5-14(17)18/h1-4,6-8H,5H2,(H2,17,18).